The molecule has 0 heterocycles. The van der Waals surface area contributed by atoms with Gasteiger partial charge in [-0.1, -0.05) is 35.3 Å². The van der Waals surface area contributed by atoms with Crippen LogP contribution in [0.15, 0.2) is 36.4 Å². The molecule has 0 aliphatic rings. The number of rotatable bonds is 12. The van der Waals surface area contributed by atoms with Crippen molar-refractivity contribution in [2.75, 3.05) is 19.8 Å². The summed E-state index contributed by atoms with van der Waals surface area (Å²) in [6.45, 7) is 9.33. The summed E-state index contributed by atoms with van der Waals surface area (Å²) in [5.41, 5.74) is 1.90. The van der Waals surface area contributed by atoms with Crippen molar-refractivity contribution in [1.82, 2.24) is 5.32 Å². The maximum absolute atomic E-state index is 6.22. The molecule has 0 aliphatic carbocycles. The van der Waals surface area contributed by atoms with Crippen LogP contribution in [0.3, 0.4) is 0 Å². The maximum atomic E-state index is 6.22. The molecule has 2 rings (SSSR count). The van der Waals surface area contributed by atoms with Crippen molar-refractivity contribution in [2.45, 2.75) is 46.4 Å². The number of ether oxygens (including phenoxy) is 3. The molecule has 0 atom stereocenters. The molecule has 0 aromatic heterocycles. The topological polar surface area (TPSA) is 39.7 Å². The fraction of sp³-hybridized carbons (Fsp3) is 0.455. The minimum atomic E-state index is 0.280. The van der Waals surface area contributed by atoms with Crippen LogP contribution in [0.5, 0.6) is 11.5 Å². The Labute approximate surface area is 178 Å². The standard InChI is InChI=1S/C22H29Cl2NO3/c1-4-26-22-13-17(14-25-11-6-12-27-16(2)3)9-10-21(22)28-15-18-19(23)7-5-8-20(18)24/h5,7-10,13,16,25H,4,6,11-12,14-15H2,1-3H3. The molecule has 0 radical (unpaired) electrons. The Bertz CT molecular complexity index is 717. The molecule has 0 amide bonds. The summed E-state index contributed by atoms with van der Waals surface area (Å²) in [5.74, 6) is 1.39. The van der Waals surface area contributed by atoms with Crippen LogP contribution in [0, 0.1) is 0 Å². The van der Waals surface area contributed by atoms with E-state index in [1.807, 2.05) is 45.0 Å². The van der Waals surface area contributed by atoms with Crippen LogP contribution in [0.25, 0.3) is 0 Å². The van der Waals surface area contributed by atoms with Gasteiger partial charge in [0, 0.05) is 28.8 Å². The summed E-state index contributed by atoms with van der Waals surface area (Å²) in [7, 11) is 0. The van der Waals surface area contributed by atoms with Crippen LogP contribution in [-0.4, -0.2) is 25.9 Å². The molecule has 0 fully saturated rings. The molecular weight excluding hydrogens is 397 g/mol. The molecule has 1 N–H and O–H groups in total. The first-order valence-electron chi connectivity index (χ1n) is 9.65. The largest absolute Gasteiger partial charge is 0.490 e. The highest BCUT2D eigenvalue weighted by Crippen LogP contribution is 2.31. The average Bonchev–Trinajstić information content (AvgIpc) is 2.65. The first-order chi connectivity index (χ1) is 13.5. The van der Waals surface area contributed by atoms with E-state index in [9.17, 15) is 0 Å². The molecule has 28 heavy (non-hydrogen) atoms. The minimum Gasteiger partial charge on any atom is -0.490 e. The van der Waals surface area contributed by atoms with Gasteiger partial charge in [0.05, 0.1) is 12.7 Å². The minimum absolute atomic E-state index is 0.280. The Balaban J connectivity index is 1.92. The molecule has 4 nitrogen and oxygen atoms in total. The third-order valence-corrected chi connectivity index (χ3v) is 4.73. The van der Waals surface area contributed by atoms with Crippen LogP contribution in [-0.2, 0) is 17.9 Å². The number of hydrogen-bond donors (Lipinski definition) is 1. The molecule has 0 bridgehead atoms. The van der Waals surface area contributed by atoms with Crippen molar-refractivity contribution in [2.24, 2.45) is 0 Å². The zero-order chi connectivity index (χ0) is 20.4. The molecule has 0 unspecified atom stereocenters. The van der Waals surface area contributed by atoms with E-state index in [1.165, 1.54) is 0 Å². The van der Waals surface area contributed by atoms with Crippen LogP contribution >= 0.6 is 23.2 Å². The summed E-state index contributed by atoms with van der Waals surface area (Å²) >= 11 is 12.4. The highest BCUT2D eigenvalue weighted by Gasteiger charge is 2.10. The van der Waals surface area contributed by atoms with Crippen molar-refractivity contribution in [3.05, 3.63) is 57.6 Å². The summed E-state index contributed by atoms with van der Waals surface area (Å²) in [4.78, 5) is 0. The molecule has 154 valence electrons. The van der Waals surface area contributed by atoms with E-state index >= 15 is 0 Å². The van der Waals surface area contributed by atoms with Crippen LogP contribution in [0.2, 0.25) is 10.0 Å². The lowest BCUT2D eigenvalue weighted by Crippen LogP contribution is -2.17. The van der Waals surface area contributed by atoms with Crippen molar-refractivity contribution in [3.63, 3.8) is 0 Å². The molecule has 2 aromatic carbocycles. The SMILES string of the molecule is CCOc1cc(CNCCCOC(C)C)ccc1OCc1c(Cl)cccc1Cl. The molecule has 0 saturated heterocycles. The van der Waals surface area contributed by atoms with E-state index in [1.54, 1.807) is 12.1 Å². The first-order valence-corrected chi connectivity index (χ1v) is 10.4. The fourth-order valence-corrected chi connectivity index (χ4v) is 3.13. The van der Waals surface area contributed by atoms with Gasteiger partial charge < -0.3 is 19.5 Å². The summed E-state index contributed by atoms with van der Waals surface area (Å²) < 4.78 is 17.2. The number of halogens is 2. The number of nitrogens with one attached hydrogen (secondary N) is 1. The molecule has 6 heteroatoms. The molecule has 0 spiro atoms. The van der Waals surface area contributed by atoms with Crippen molar-refractivity contribution in [1.29, 1.82) is 0 Å². The van der Waals surface area contributed by atoms with Gasteiger partial charge in [0.2, 0.25) is 0 Å². The predicted molar refractivity (Wildman–Crippen MR) is 116 cm³/mol. The van der Waals surface area contributed by atoms with Gasteiger partial charge in [-0.3, -0.25) is 0 Å². The van der Waals surface area contributed by atoms with E-state index < -0.39 is 0 Å². The van der Waals surface area contributed by atoms with E-state index in [2.05, 4.69) is 5.32 Å². The van der Waals surface area contributed by atoms with E-state index in [-0.39, 0.29) is 12.7 Å². The average molecular weight is 426 g/mol. The predicted octanol–water partition coefficient (Wildman–Crippen LogP) is 5.88. The fourth-order valence-electron chi connectivity index (χ4n) is 2.62. The molecule has 2 aromatic rings. The third kappa shape index (κ3) is 7.51. The second-order valence-corrected chi connectivity index (χ2v) is 7.47. The summed E-state index contributed by atoms with van der Waals surface area (Å²) in [6, 6.07) is 11.4. The van der Waals surface area contributed by atoms with Gasteiger partial charge >= 0.3 is 0 Å². The zero-order valence-electron chi connectivity index (χ0n) is 16.8. The third-order valence-electron chi connectivity index (χ3n) is 4.02. The lowest BCUT2D eigenvalue weighted by molar-refractivity contribution is 0.0770. The summed E-state index contributed by atoms with van der Waals surface area (Å²) in [5, 5.41) is 4.61. The van der Waals surface area contributed by atoms with Gasteiger partial charge in [-0.05, 0) is 63.6 Å². The molecular formula is C22H29Cl2NO3. The number of hydrogen-bond acceptors (Lipinski definition) is 4. The Morgan fingerprint density at radius 1 is 1.00 bits per heavy atom. The van der Waals surface area contributed by atoms with Gasteiger partial charge in [-0.2, -0.15) is 0 Å². The second kappa shape index (κ2) is 12.2. The lowest BCUT2D eigenvalue weighted by atomic mass is 10.2. The van der Waals surface area contributed by atoms with Crippen LogP contribution in [0.4, 0.5) is 0 Å². The lowest BCUT2D eigenvalue weighted by Gasteiger charge is -2.15. The van der Waals surface area contributed by atoms with Crippen molar-refractivity contribution >= 4 is 23.2 Å². The van der Waals surface area contributed by atoms with Gasteiger partial charge in [0.15, 0.2) is 11.5 Å². The normalized spacial score (nSPS) is 11.1. The van der Waals surface area contributed by atoms with Crippen molar-refractivity contribution < 1.29 is 14.2 Å². The Morgan fingerprint density at radius 3 is 2.43 bits per heavy atom. The van der Waals surface area contributed by atoms with Crippen molar-refractivity contribution in [3.8, 4) is 11.5 Å². The first kappa shape index (κ1) is 22.8. The highest BCUT2D eigenvalue weighted by molar-refractivity contribution is 6.35. The number of benzene rings is 2. The Morgan fingerprint density at radius 2 is 1.75 bits per heavy atom. The smallest absolute Gasteiger partial charge is 0.161 e. The van der Waals surface area contributed by atoms with Gasteiger partial charge in [0.1, 0.15) is 6.61 Å². The Hall–Kier alpha value is -1.46. The van der Waals surface area contributed by atoms with Gasteiger partial charge in [-0.25, -0.2) is 0 Å². The summed E-state index contributed by atoms with van der Waals surface area (Å²) in [6.07, 6.45) is 1.26. The van der Waals surface area contributed by atoms with E-state index in [4.69, 9.17) is 37.4 Å². The monoisotopic (exact) mass is 425 g/mol. The highest BCUT2D eigenvalue weighted by atomic mass is 35.5. The van der Waals surface area contributed by atoms with Gasteiger partial charge in [-0.15, -0.1) is 0 Å². The zero-order valence-corrected chi connectivity index (χ0v) is 18.3. The van der Waals surface area contributed by atoms with E-state index in [0.717, 1.165) is 37.2 Å². The van der Waals surface area contributed by atoms with Gasteiger partial charge in [0.25, 0.3) is 0 Å². The maximum Gasteiger partial charge on any atom is 0.161 e. The second-order valence-electron chi connectivity index (χ2n) is 6.65. The quantitative estimate of drug-likeness (QED) is 0.431. The molecule has 0 saturated carbocycles. The van der Waals surface area contributed by atoms with Crippen LogP contribution in [0.1, 0.15) is 38.3 Å². The Kier molecular flexibility index (Phi) is 9.93. The molecule has 0 aliphatic heterocycles. The van der Waals surface area contributed by atoms with Crippen LogP contribution < -0.4 is 14.8 Å². The van der Waals surface area contributed by atoms with E-state index in [0.29, 0.717) is 28.2 Å².